The first-order chi connectivity index (χ1) is 24.8. The quantitative estimate of drug-likeness (QED) is 0.0121. The van der Waals surface area contributed by atoms with Gasteiger partial charge in [-0.2, -0.15) is 0 Å². The number of phosphoric ester groups is 1. The van der Waals surface area contributed by atoms with Crippen molar-refractivity contribution in [3.8, 4) is 0 Å². The summed E-state index contributed by atoms with van der Waals surface area (Å²) >= 11 is 0. The highest BCUT2D eigenvalue weighted by atomic mass is 31.2. The van der Waals surface area contributed by atoms with Gasteiger partial charge in [0.25, 0.3) is 0 Å². The fourth-order valence-electron chi connectivity index (χ4n) is 5.23. The van der Waals surface area contributed by atoms with Gasteiger partial charge in [0.1, 0.15) is 6.61 Å². The van der Waals surface area contributed by atoms with E-state index in [4.69, 9.17) is 24.3 Å². The lowest BCUT2D eigenvalue weighted by Crippen LogP contribution is -2.27. The zero-order valence-electron chi connectivity index (χ0n) is 32.3. The van der Waals surface area contributed by atoms with Crippen LogP contribution in [0.5, 0.6) is 0 Å². The lowest BCUT2D eigenvalue weighted by atomic mass is 10.1. The molecule has 0 heterocycles. The second-order valence-corrected chi connectivity index (χ2v) is 14.7. The van der Waals surface area contributed by atoms with Gasteiger partial charge in [0.05, 0.1) is 19.5 Å². The molecule has 1 unspecified atom stereocenters. The van der Waals surface area contributed by atoms with Crippen molar-refractivity contribution < 1.29 is 37.6 Å². The van der Waals surface area contributed by atoms with Gasteiger partial charge in [-0.15, -0.1) is 0 Å². The maximum absolute atomic E-state index is 12.5. The summed E-state index contributed by atoms with van der Waals surface area (Å²) in [6.45, 7) is 4.02. The third-order valence-corrected chi connectivity index (χ3v) is 9.24. The zero-order chi connectivity index (χ0) is 37.5. The van der Waals surface area contributed by atoms with Crippen molar-refractivity contribution in [3.63, 3.8) is 0 Å². The van der Waals surface area contributed by atoms with E-state index < -0.39 is 19.9 Å². The van der Waals surface area contributed by atoms with Gasteiger partial charge >= 0.3 is 13.8 Å². The summed E-state index contributed by atoms with van der Waals surface area (Å²) in [7, 11) is -4.32. The lowest BCUT2D eigenvalue weighted by Gasteiger charge is -2.19. The second-order valence-electron chi connectivity index (χ2n) is 13.2. The number of carbonyl (C=O) groups excluding carboxylic acids is 2. The molecular formula is C41H74NO8P. The largest absolute Gasteiger partial charge is 0.498 e. The molecule has 0 aliphatic rings. The average molecular weight is 740 g/mol. The van der Waals surface area contributed by atoms with Gasteiger partial charge in [-0.3, -0.25) is 18.6 Å². The molecule has 0 saturated carbocycles. The first kappa shape index (κ1) is 49.0. The molecule has 0 rings (SSSR count). The Morgan fingerprint density at radius 2 is 1.18 bits per heavy atom. The van der Waals surface area contributed by atoms with Gasteiger partial charge in [-0.1, -0.05) is 121 Å². The Bertz CT molecular complexity index is 981. The van der Waals surface area contributed by atoms with Crippen molar-refractivity contribution in [2.45, 2.75) is 174 Å². The van der Waals surface area contributed by atoms with E-state index in [9.17, 15) is 19.0 Å². The van der Waals surface area contributed by atoms with Crippen LogP contribution < -0.4 is 5.73 Å². The molecular weight excluding hydrogens is 665 g/mol. The second kappa shape index (κ2) is 37.7. The van der Waals surface area contributed by atoms with Crippen LogP contribution in [-0.4, -0.2) is 49.1 Å². The first-order valence-electron chi connectivity index (χ1n) is 20.1. The number of unbranched alkanes of at least 4 members (excludes halogenated alkanes) is 18. The van der Waals surface area contributed by atoms with E-state index in [-0.39, 0.29) is 38.6 Å². The Morgan fingerprint density at radius 3 is 1.82 bits per heavy atom. The molecule has 51 heavy (non-hydrogen) atoms. The van der Waals surface area contributed by atoms with E-state index >= 15 is 0 Å². The molecule has 9 nitrogen and oxygen atoms in total. The number of hydrogen-bond acceptors (Lipinski definition) is 8. The fourth-order valence-corrected chi connectivity index (χ4v) is 6.00. The number of nitrogens with two attached hydrogens (primary N) is 1. The van der Waals surface area contributed by atoms with Gasteiger partial charge in [0.2, 0.25) is 0 Å². The summed E-state index contributed by atoms with van der Waals surface area (Å²) in [6.07, 6.45) is 40.3. The minimum atomic E-state index is -4.32. The molecule has 0 aliphatic carbocycles. The highest BCUT2D eigenvalue weighted by Gasteiger charge is 2.25. The van der Waals surface area contributed by atoms with Crippen LogP contribution in [0, 0.1) is 0 Å². The molecule has 0 spiro atoms. The monoisotopic (exact) mass is 740 g/mol. The molecule has 0 aliphatic heterocycles. The van der Waals surface area contributed by atoms with Crippen LogP contribution in [0.25, 0.3) is 0 Å². The summed E-state index contributed by atoms with van der Waals surface area (Å²) in [5.74, 6) is -0.289. The number of ether oxygens (including phenoxy) is 2. The Balaban J connectivity index is 4.24. The SMILES string of the molecule is CCCCC/C=C\C=C\C(=O)CCCCCCCC(=O)O[C@H](CO/C=C/CCCCCC/C=C\CCCCCCCC)COP(=O)(O)OCCN. The lowest BCUT2D eigenvalue weighted by molar-refractivity contribution is -0.153. The van der Waals surface area contributed by atoms with Crippen molar-refractivity contribution in [2.75, 3.05) is 26.4 Å². The molecule has 2 atom stereocenters. The maximum Gasteiger partial charge on any atom is 0.472 e. The molecule has 0 aromatic carbocycles. The van der Waals surface area contributed by atoms with E-state index in [0.29, 0.717) is 12.8 Å². The topological polar surface area (TPSA) is 134 Å². The Morgan fingerprint density at radius 1 is 0.647 bits per heavy atom. The summed E-state index contributed by atoms with van der Waals surface area (Å²) in [5, 5.41) is 0. The molecule has 0 amide bonds. The molecule has 0 fully saturated rings. The molecule has 0 aromatic rings. The third kappa shape index (κ3) is 37.5. The summed E-state index contributed by atoms with van der Waals surface area (Å²) in [6, 6.07) is 0. The highest BCUT2D eigenvalue weighted by molar-refractivity contribution is 7.47. The molecule has 10 heteroatoms. The van der Waals surface area contributed by atoms with E-state index in [1.165, 1.54) is 77.0 Å². The molecule has 3 N–H and O–H groups in total. The Labute approximate surface area is 311 Å². The molecule has 296 valence electrons. The number of ketones is 1. The van der Waals surface area contributed by atoms with Crippen LogP contribution in [0.4, 0.5) is 0 Å². The molecule has 0 radical (unpaired) electrons. The van der Waals surface area contributed by atoms with Crippen molar-refractivity contribution >= 4 is 19.6 Å². The predicted molar refractivity (Wildman–Crippen MR) is 210 cm³/mol. The first-order valence-corrected chi connectivity index (χ1v) is 21.6. The smallest absolute Gasteiger partial charge is 0.472 e. The van der Waals surface area contributed by atoms with Crippen molar-refractivity contribution in [3.05, 3.63) is 48.8 Å². The van der Waals surface area contributed by atoms with Gasteiger partial charge in [0.15, 0.2) is 11.9 Å². The number of hydrogen-bond donors (Lipinski definition) is 2. The number of rotatable bonds is 38. The predicted octanol–water partition coefficient (Wildman–Crippen LogP) is 11.2. The number of phosphoric acid groups is 1. The minimum absolute atomic E-state index is 0.0126. The fraction of sp³-hybridized carbons (Fsp3) is 0.756. The van der Waals surface area contributed by atoms with E-state index in [1.54, 1.807) is 12.3 Å². The number of esters is 1. The summed E-state index contributed by atoms with van der Waals surface area (Å²) in [4.78, 5) is 34.4. The maximum atomic E-state index is 12.5. The number of carbonyl (C=O) groups is 2. The van der Waals surface area contributed by atoms with Gasteiger partial charge in [-0.25, -0.2) is 4.57 Å². The normalized spacial score (nSPS) is 13.9. The molecule has 0 saturated heterocycles. The van der Waals surface area contributed by atoms with Gasteiger partial charge in [-0.05, 0) is 76.4 Å². The van der Waals surface area contributed by atoms with Crippen molar-refractivity contribution in [2.24, 2.45) is 5.73 Å². The van der Waals surface area contributed by atoms with Crippen molar-refractivity contribution in [1.29, 1.82) is 0 Å². The highest BCUT2D eigenvalue weighted by Crippen LogP contribution is 2.43. The number of allylic oxidation sites excluding steroid dienone is 7. The van der Waals surface area contributed by atoms with Crippen LogP contribution in [0.15, 0.2) is 48.8 Å². The molecule has 0 bridgehead atoms. The van der Waals surface area contributed by atoms with Crippen LogP contribution in [0.3, 0.4) is 0 Å². The van der Waals surface area contributed by atoms with Crippen LogP contribution in [0.2, 0.25) is 0 Å². The minimum Gasteiger partial charge on any atom is -0.498 e. The Hall–Kier alpha value is -2.03. The van der Waals surface area contributed by atoms with Crippen LogP contribution in [-0.2, 0) is 32.7 Å². The standard InChI is InChI=1S/C41H74NO8P/c1-3-5-7-9-11-12-13-14-15-16-17-18-19-21-26-30-35-47-37-40(38-49-51(45,46)48-36-34-42)50-41(44)33-29-25-22-24-28-32-39(43)31-27-23-20-10-8-6-4-2/h14-15,20,23,27,30-31,35,40H,3-13,16-19,21-22,24-26,28-29,32-34,36-38,42H2,1-2H3,(H,45,46)/b15-14-,23-20-,31-27+,35-30+/t40-/m1/s1. The zero-order valence-corrected chi connectivity index (χ0v) is 33.2. The van der Waals surface area contributed by atoms with Gasteiger partial charge in [0, 0.05) is 19.4 Å². The van der Waals surface area contributed by atoms with E-state index in [2.05, 4.69) is 32.1 Å². The van der Waals surface area contributed by atoms with E-state index in [0.717, 1.165) is 57.8 Å². The summed E-state index contributed by atoms with van der Waals surface area (Å²) < 4.78 is 33.0. The molecule has 0 aromatic heterocycles. The van der Waals surface area contributed by atoms with E-state index in [1.807, 2.05) is 18.2 Å². The average Bonchev–Trinajstić information content (AvgIpc) is 3.11. The summed E-state index contributed by atoms with van der Waals surface area (Å²) in [5.41, 5.74) is 5.34. The van der Waals surface area contributed by atoms with Crippen LogP contribution in [0.1, 0.15) is 168 Å². The third-order valence-electron chi connectivity index (χ3n) is 8.26. The van der Waals surface area contributed by atoms with Crippen molar-refractivity contribution in [1.82, 2.24) is 0 Å². The van der Waals surface area contributed by atoms with Gasteiger partial charge < -0.3 is 20.1 Å². The Kier molecular flexibility index (Phi) is 36.2. The van der Waals surface area contributed by atoms with Crippen LogP contribution >= 0.6 is 7.82 Å².